The summed E-state index contributed by atoms with van der Waals surface area (Å²) in [6.45, 7) is 8.49. The van der Waals surface area contributed by atoms with Gasteiger partial charge in [0.2, 0.25) is 0 Å². The van der Waals surface area contributed by atoms with Crippen LogP contribution in [0.1, 0.15) is 33.3 Å². The normalized spacial score (nSPS) is 17.1. The van der Waals surface area contributed by atoms with Crippen LogP contribution in [0.2, 0.25) is 0 Å². The fraction of sp³-hybridized carbons (Fsp3) is 0.562. The Morgan fingerprint density at radius 2 is 1.86 bits per heavy atom. The van der Waals surface area contributed by atoms with Crippen molar-refractivity contribution in [1.82, 2.24) is 4.90 Å². The van der Waals surface area contributed by atoms with Gasteiger partial charge < -0.3 is 19.5 Å². The van der Waals surface area contributed by atoms with E-state index in [1.54, 1.807) is 0 Å². The van der Waals surface area contributed by atoms with Crippen molar-refractivity contribution in [3.05, 3.63) is 29.8 Å². The van der Waals surface area contributed by atoms with Crippen LogP contribution in [0.25, 0.3) is 0 Å². The molecule has 2 rings (SSSR count). The number of β-amino-alcohol motifs (C(OH)–C–C–N with tert-alkyl or cyclic N) is 1. The second-order valence-electron chi connectivity index (χ2n) is 6.33. The van der Waals surface area contributed by atoms with Crippen molar-refractivity contribution in [2.24, 2.45) is 0 Å². The van der Waals surface area contributed by atoms with Crippen molar-refractivity contribution in [3.63, 3.8) is 0 Å². The molecule has 0 bridgehead atoms. The molecule has 0 radical (unpaired) electrons. The molecule has 1 saturated heterocycles. The summed E-state index contributed by atoms with van der Waals surface area (Å²) in [7, 11) is 0. The van der Waals surface area contributed by atoms with E-state index in [4.69, 9.17) is 9.47 Å². The van der Waals surface area contributed by atoms with Crippen LogP contribution in [0.3, 0.4) is 0 Å². The zero-order valence-electron chi connectivity index (χ0n) is 13.0. The Kier molecular flexibility index (Phi) is 4.14. The number of likely N-dealkylation sites (tertiary alicyclic amines) is 1. The maximum absolute atomic E-state index is 11.9. The number of rotatable bonds is 3. The number of carbonyl (C=O) groups is 1. The minimum Gasteiger partial charge on any atom is -0.494 e. The van der Waals surface area contributed by atoms with Gasteiger partial charge in [0.1, 0.15) is 17.0 Å². The van der Waals surface area contributed by atoms with Gasteiger partial charge in [-0.25, -0.2) is 4.79 Å². The molecule has 5 nitrogen and oxygen atoms in total. The molecule has 0 unspecified atom stereocenters. The SMILES string of the molecule is CCOc1ccc(C2(O)CN(C(=O)OC(C)(C)C)C2)cc1. The number of hydrogen-bond acceptors (Lipinski definition) is 4. The Hall–Kier alpha value is -1.75. The van der Waals surface area contributed by atoms with Crippen LogP contribution in [0.5, 0.6) is 5.75 Å². The molecule has 0 saturated carbocycles. The lowest BCUT2D eigenvalue weighted by Gasteiger charge is -2.46. The van der Waals surface area contributed by atoms with Crippen LogP contribution in [0.4, 0.5) is 4.79 Å². The topological polar surface area (TPSA) is 59.0 Å². The molecule has 1 aromatic rings. The summed E-state index contributed by atoms with van der Waals surface area (Å²) in [5, 5.41) is 10.5. The van der Waals surface area contributed by atoms with Gasteiger partial charge in [0.15, 0.2) is 0 Å². The largest absolute Gasteiger partial charge is 0.494 e. The van der Waals surface area contributed by atoms with Gasteiger partial charge in [-0.2, -0.15) is 0 Å². The molecule has 1 fully saturated rings. The number of carbonyl (C=O) groups excluding carboxylic acids is 1. The first-order valence-electron chi connectivity index (χ1n) is 7.17. The summed E-state index contributed by atoms with van der Waals surface area (Å²) in [5.41, 5.74) is -0.739. The molecule has 1 aliphatic rings. The van der Waals surface area contributed by atoms with Crippen molar-refractivity contribution < 1.29 is 19.4 Å². The first-order valence-corrected chi connectivity index (χ1v) is 7.17. The summed E-state index contributed by atoms with van der Waals surface area (Å²) < 4.78 is 10.7. The third-order valence-electron chi connectivity index (χ3n) is 3.26. The van der Waals surface area contributed by atoms with Gasteiger partial charge in [0.25, 0.3) is 0 Å². The Labute approximate surface area is 125 Å². The van der Waals surface area contributed by atoms with Crippen LogP contribution >= 0.6 is 0 Å². The molecule has 1 aromatic carbocycles. The molecule has 21 heavy (non-hydrogen) atoms. The highest BCUT2D eigenvalue weighted by Gasteiger charge is 2.46. The quantitative estimate of drug-likeness (QED) is 0.930. The first-order chi connectivity index (χ1) is 9.73. The molecule has 1 amide bonds. The second-order valence-corrected chi connectivity index (χ2v) is 6.33. The van der Waals surface area contributed by atoms with Crippen molar-refractivity contribution in [3.8, 4) is 5.75 Å². The van der Waals surface area contributed by atoms with Crippen molar-refractivity contribution in [1.29, 1.82) is 0 Å². The monoisotopic (exact) mass is 293 g/mol. The Morgan fingerprint density at radius 3 is 2.33 bits per heavy atom. The highest BCUT2D eigenvalue weighted by Crippen LogP contribution is 2.33. The number of hydrogen-bond donors (Lipinski definition) is 1. The lowest BCUT2D eigenvalue weighted by Crippen LogP contribution is -2.61. The number of amides is 1. The van der Waals surface area contributed by atoms with Gasteiger partial charge in [0, 0.05) is 0 Å². The number of aliphatic hydroxyl groups is 1. The Bertz CT molecular complexity index is 498. The molecule has 1 aliphatic heterocycles. The summed E-state index contributed by atoms with van der Waals surface area (Å²) >= 11 is 0. The number of ether oxygens (including phenoxy) is 2. The van der Waals surface area contributed by atoms with Gasteiger partial charge in [-0.05, 0) is 45.4 Å². The molecule has 0 spiro atoms. The zero-order chi connectivity index (χ0) is 15.7. The molecular weight excluding hydrogens is 270 g/mol. The van der Waals surface area contributed by atoms with Gasteiger partial charge in [-0.1, -0.05) is 12.1 Å². The number of nitrogens with zero attached hydrogens (tertiary/aromatic N) is 1. The molecule has 1 heterocycles. The lowest BCUT2D eigenvalue weighted by atomic mass is 9.86. The minimum atomic E-state index is -0.998. The Balaban J connectivity index is 1.96. The third kappa shape index (κ3) is 3.67. The molecule has 0 atom stereocenters. The highest BCUT2D eigenvalue weighted by atomic mass is 16.6. The standard InChI is InChI=1S/C16H23NO4/c1-5-20-13-8-6-12(7-9-13)16(19)10-17(11-16)14(18)21-15(2,3)4/h6-9,19H,5,10-11H2,1-4H3. The van der Waals surface area contributed by atoms with Gasteiger partial charge >= 0.3 is 6.09 Å². The van der Waals surface area contributed by atoms with Gasteiger partial charge in [-0.15, -0.1) is 0 Å². The van der Waals surface area contributed by atoms with E-state index >= 15 is 0 Å². The van der Waals surface area contributed by atoms with Crippen LogP contribution in [0, 0.1) is 0 Å². The second kappa shape index (κ2) is 5.56. The molecule has 0 aromatic heterocycles. The van der Waals surface area contributed by atoms with Crippen LogP contribution < -0.4 is 4.74 Å². The van der Waals surface area contributed by atoms with Gasteiger partial charge in [-0.3, -0.25) is 0 Å². The highest BCUT2D eigenvalue weighted by molar-refractivity contribution is 5.70. The predicted molar refractivity (Wildman–Crippen MR) is 79.3 cm³/mol. The van der Waals surface area contributed by atoms with E-state index < -0.39 is 17.3 Å². The molecule has 0 aliphatic carbocycles. The molecule has 1 N–H and O–H groups in total. The maximum atomic E-state index is 11.9. The number of benzene rings is 1. The van der Waals surface area contributed by atoms with E-state index in [1.807, 2.05) is 52.0 Å². The first kappa shape index (κ1) is 15.6. The third-order valence-corrected chi connectivity index (χ3v) is 3.26. The van der Waals surface area contributed by atoms with Crippen molar-refractivity contribution in [2.75, 3.05) is 19.7 Å². The van der Waals surface area contributed by atoms with Crippen LogP contribution in [-0.2, 0) is 10.3 Å². The summed E-state index contributed by atoms with van der Waals surface area (Å²) in [6.07, 6.45) is -0.391. The fourth-order valence-electron chi connectivity index (χ4n) is 2.25. The fourth-order valence-corrected chi connectivity index (χ4v) is 2.25. The molecular formula is C16H23NO4. The summed E-state index contributed by atoms with van der Waals surface area (Å²) in [4.78, 5) is 13.4. The minimum absolute atomic E-state index is 0.246. The molecule has 116 valence electrons. The predicted octanol–water partition coefficient (Wildman–Crippen LogP) is 2.52. The summed E-state index contributed by atoms with van der Waals surface area (Å²) in [6, 6.07) is 7.31. The van der Waals surface area contributed by atoms with Crippen molar-refractivity contribution in [2.45, 2.75) is 38.9 Å². The lowest BCUT2D eigenvalue weighted by molar-refractivity contribution is -0.103. The van der Waals surface area contributed by atoms with Crippen LogP contribution in [0.15, 0.2) is 24.3 Å². The zero-order valence-corrected chi connectivity index (χ0v) is 13.0. The maximum Gasteiger partial charge on any atom is 0.410 e. The average Bonchev–Trinajstić information content (AvgIpc) is 2.34. The molecule has 5 heteroatoms. The van der Waals surface area contributed by atoms with Crippen LogP contribution in [-0.4, -0.2) is 41.4 Å². The smallest absolute Gasteiger partial charge is 0.410 e. The van der Waals surface area contributed by atoms with E-state index in [0.717, 1.165) is 11.3 Å². The van der Waals surface area contributed by atoms with E-state index in [-0.39, 0.29) is 13.1 Å². The van der Waals surface area contributed by atoms with E-state index in [1.165, 1.54) is 4.90 Å². The summed E-state index contributed by atoms with van der Waals surface area (Å²) in [5.74, 6) is 0.771. The van der Waals surface area contributed by atoms with E-state index in [0.29, 0.717) is 6.61 Å². The Morgan fingerprint density at radius 1 is 1.29 bits per heavy atom. The van der Waals surface area contributed by atoms with Crippen molar-refractivity contribution >= 4 is 6.09 Å². The van der Waals surface area contributed by atoms with Gasteiger partial charge in [0.05, 0.1) is 19.7 Å². The average molecular weight is 293 g/mol. The van der Waals surface area contributed by atoms with E-state index in [9.17, 15) is 9.90 Å². The van der Waals surface area contributed by atoms with E-state index in [2.05, 4.69) is 0 Å².